The summed E-state index contributed by atoms with van der Waals surface area (Å²) in [7, 11) is 0. The van der Waals surface area contributed by atoms with Crippen LogP contribution in [-0.4, -0.2) is 23.5 Å². The molecule has 0 bridgehead atoms. The van der Waals surface area contributed by atoms with Crippen molar-refractivity contribution in [3.8, 4) is 0 Å². The Hall–Kier alpha value is -0.0400. The van der Waals surface area contributed by atoms with E-state index in [0.717, 1.165) is 5.92 Å². The van der Waals surface area contributed by atoms with Crippen LogP contribution in [0.5, 0.6) is 0 Å². The number of likely N-dealkylation sites (tertiary alicyclic amines) is 1. The van der Waals surface area contributed by atoms with E-state index >= 15 is 0 Å². The van der Waals surface area contributed by atoms with Gasteiger partial charge in [-0.05, 0) is 50.5 Å². The minimum Gasteiger partial charge on any atom is -0.298 e. The molecule has 1 aliphatic rings. The first kappa shape index (κ1) is 14.0. The lowest BCUT2D eigenvalue weighted by Gasteiger charge is -2.54. The summed E-state index contributed by atoms with van der Waals surface area (Å²) in [5.74, 6) is 0.778. The number of piperidine rings is 1. The minimum atomic E-state index is 0.327. The summed E-state index contributed by atoms with van der Waals surface area (Å²) >= 11 is 0. The largest absolute Gasteiger partial charge is 0.298 e. The molecule has 1 heterocycles. The van der Waals surface area contributed by atoms with Crippen LogP contribution in [0.2, 0.25) is 0 Å². The molecule has 0 N–H and O–H groups in total. The Labute approximate surface area is 103 Å². The first-order valence-electron chi connectivity index (χ1n) is 6.73. The first-order valence-corrected chi connectivity index (χ1v) is 6.73. The van der Waals surface area contributed by atoms with Crippen molar-refractivity contribution in [1.82, 2.24) is 4.90 Å². The summed E-state index contributed by atoms with van der Waals surface area (Å²) in [6, 6.07) is 0. The van der Waals surface area contributed by atoms with Crippen LogP contribution in [0.1, 0.15) is 61.8 Å². The zero-order valence-corrected chi connectivity index (χ0v) is 12.6. The van der Waals surface area contributed by atoms with Gasteiger partial charge in [-0.25, -0.2) is 0 Å². The van der Waals surface area contributed by atoms with Gasteiger partial charge in [0.1, 0.15) is 0 Å². The van der Waals surface area contributed by atoms with Crippen LogP contribution in [0.4, 0.5) is 0 Å². The van der Waals surface area contributed by atoms with Crippen molar-refractivity contribution in [1.29, 1.82) is 0 Å². The average molecular weight is 225 g/mol. The molecule has 16 heavy (non-hydrogen) atoms. The van der Waals surface area contributed by atoms with Crippen LogP contribution in [0.15, 0.2) is 0 Å². The van der Waals surface area contributed by atoms with Crippen molar-refractivity contribution < 1.29 is 0 Å². The molecule has 2 unspecified atom stereocenters. The van der Waals surface area contributed by atoms with Crippen LogP contribution in [0.25, 0.3) is 0 Å². The molecule has 1 fully saturated rings. The standard InChI is InChI=1S/C15H31N/c1-12-11-16(14(5,6)7)10-9-15(12,8)13(2,3)4/h12H,9-11H2,1-8H3. The molecule has 1 heteroatoms. The van der Waals surface area contributed by atoms with Gasteiger partial charge in [0.05, 0.1) is 0 Å². The SMILES string of the molecule is CC1CN(C(C)(C)C)CCC1(C)C(C)(C)C. The summed E-state index contributed by atoms with van der Waals surface area (Å²) in [6.07, 6.45) is 1.33. The second kappa shape index (κ2) is 4.01. The lowest BCUT2D eigenvalue weighted by Crippen LogP contribution is -2.55. The Kier molecular flexibility index (Phi) is 3.52. The molecule has 1 aliphatic heterocycles. The highest BCUT2D eigenvalue weighted by Gasteiger charge is 2.46. The van der Waals surface area contributed by atoms with Crippen molar-refractivity contribution in [3.05, 3.63) is 0 Å². The van der Waals surface area contributed by atoms with Crippen LogP contribution >= 0.6 is 0 Å². The summed E-state index contributed by atoms with van der Waals surface area (Å²) < 4.78 is 0. The van der Waals surface area contributed by atoms with Crippen LogP contribution in [0.3, 0.4) is 0 Å². The van der Waals surface area contributed by atoms with Gasteiger partial charge in [-0.3, -0.25) is 4.90 Å². The fraction of sp³-hybridized carbons (Fsp3) is 1.00. The van der Waals surface area contributed by atoms with Gasteiger partial charge in [-0.1, -0.05) is 34.6 Å². The van der Waals surface area contributed by atoms with E-state index in [9.17, 15) is 0 Å². The fourth-order valence-corrected chi connectivity index (χ4v) is 2.96. The normalized spacial score (nSPS) is 34.1. The predicted octanol–water partition coefficient (Wildman–Crippen LogP) is 4.18. The molecular formula is C15H31N. The maximum Gasteiger partial charge on any atom is 0.0125 e. The molecule has 2 atom stereocenters. The van der Waals surface area contributed by atoms with Gasteiger partial charge in [0.2, 0.25) is 0 Å². The van der Waals surface area contributed by atoms with Crippen molar-refractivity contribution in [3.63, 3.8) is 0 Å². The van der Waals surface area contributed by atoms with E-state index in [1.54, 1.807) is 0 Å². The zero-order chi connectivity index (χ0) is 12.8. The van der Waals surface area contributed by atoms with Crippen molar-refractivity contribution in [2.75, 3.05) is 13.1 Å². The maximum absolute atomic E-state index is 2.64. The Bertz CT molecular complexity index is 243. The van der Waals surface area contributed by atoms with E-state index < -0.39 is 0 Å². The highest BCUT2D eigenvalue weighted by molar-refractivity contribution is 4.97. The molecule has 0 aliphatic carbocycles. The minimum absolute atomic E-state index is 0.327. The Morgan fingerprint density at radius 1 is 1.06 bits per heavy atom. The van der Waals surface area contributed by atoms with Gasteiger partial charge < -0.3 is 0 Å². The molecule has 0 radical (unpaired) electrons. The lowest BCUT2D eigenvalue weighted by atomic mass is 9.58. The summed E-state index contributed by atoms with van der Waals surface area (Å²) in [4.78, 5) is 2.64. The van der Waals surface area contributed by atoms with Crippen LogP contribution in [-0.2, 0) is 0 Å². The van der Waals surface area contributed by atoms with Crippen molar-refractivity contribution >= 4 is 0 Å². The highest BCUT2D eigenvalue weighted by Crippen LogP contribution is 2.50. The lowest BCUT2D eigenvalue weighted by molar-refractivity contribution is -0.0541. The van der Waals surface area contributed by atoms with E-state index in [2.05, 4.69) is 60.3 Å². The highest BCUT2D eigenvalue weighted by atomic mass is 15.2. The topological polar surface area (TPSA) is 3.24 Å². The van der Waals surface area contributed by atoms with Gasteiger partial charge in [-0.2, -0.15) is 0 Å². The van der Waals surface area contributed by atoms with Crippen LogP contribution in [0, 0.1) is 16.7 Å². The molecule has 0 amide bonds. The maximum atomic E-state index is 2.64. The molecule has 96 valence electrons. The third kappa shape index (κ3) is 2.45. The van der Waals surface area contributed by atoms with E-state index in [1.807, 2.05) is 0 Å². The Morgan fingerprint density at radius 3 is 1.88 bits per heavy atom. The third-order valence-electron chi connectivity index (χ3n) is 5.14. The second-order valence-electron chi connectivity index (χ2n) is 7.94. The molecular weight excluding hydrogens is 194 g/mol. The van der Waals surface area contributed by atoms with E-state index in [0.29, 0.717) is 16.4 Å². The van der Waals surface area contributed by atoms with Gasteiger partial charge >= 0.3 is 0 Å². The first-order chi connectivity index (χ1) is 6.98. The third-order valence-corrected chi connectivity index (χ3v) is 5.14. The molecule has 0 aromatic rings. The quantitative estimate of drug-likeness (QED) is 0.598. The molecule has 1 rings (SSSR count). The average Bonchev–Trinajstić information content (AvgIpc) is 2.05. The van der Waals surface area contributed by atoms with Gasteiger partial charge in [0.25, 0.3) is 0 Å². The van der Waals surface area contributed by atoms with Gasteiger partial charge in [0.15, 0.2) is 0 Å². The van der Waals surface area contributed by atoms with E-state index in [4.69, 9.17) is 0 Å². The van der Waals surface area contributed by atoms with E-state index in [-0.39, 0.29) is 0 Å². The number of hydrogen-bond acceptors (Lipinski definition) is 1. The van der Waals surface area contributed by atoms with Crippen molar-refractivity contribution in [2.45, 2.75) is 67.3 Å². The smallest absolute Gasteiger partial charge is 0.0125 e. The number of rotatable bonds is 0. The number of hydrogen-bond donors (Lipinski definition) is 0. The zero-order valence-electron chi connectivity index (χ0n) is 12.6. The predicted molar refractivity (Wildman–Crippen MR) is 72.7 cm³/mol. The molecule has 0 saturated carbocycles. The summed E-state index contributed by atoms with van der Waals surface area (Å²) in [5.41, 5.74) is 1.22. The molecule has 0 spiro atoms. The second-order valence-corrected chi connectivity index (χ2v) is 7.94. The summed E-state index contributed by atoms with van der Waals surface area (Å²) in [6.45, 7) is 21.6. The van der Waals surface area contributed by atoms with Gasteiger partial charge in [0, 0.05) is 12.1 Å². The molecule has 1 saturated heterocycles. The Balaban J connectivity index is 2.81. The van der Waals surface area contributed by atoms with Gasteiger partial charge in [-0.15, -0.1) is 0 Å². The molecule has 0 aromatic heterocycles. The molecule has 1 nitrogen and oxygen atoms in total. The number of nitrogens with zero attached hydrogens (tertiary/aromatic N) is 1. The fourth-order valence-electron chi connectivity index (χ4n) is 2.96. The molecule has 0 aromatic carbocycles. The van der Waals surface area contributed by atoms with E-state index in [1.165, 1.54) is 19.5 Å². The van der Waals surface area contributed by atoms with Crippen molar-refractivity contribution in [2.24, 2.45) is 16.7 Å². The van der Waals surface area contributed by atoms with Crippen LogP contribution < -0.4 is 0 Å². The Morgan fingerprint density at radius 2 is 1.56 bits per heavy atom. The summed E-state index contributed by atoms with van der Waals surface area (Å²) in [5, 5.41) is 0. The monoisotopic (exact) mass is 225 g/mol.